The molecule has 2 rings (SSSR count). The molecule has 0 aliphatic heterocycles. The summed E-state index contributed by atoms with van der Waals surface area (Å²) in [6, 6.07) is 6.46. The molecule has 0 heterocycles. The van der Waals surface area contributed by atoms with Gasteiger partial charge in [-0.1, -0.05) is 38.2 Å². The fourth-order valence-electron chi connectivity index (χ4n) is 3.34. The van der Waals surface area contributed by atoms with Gasteiger partial charge in [0.1, 0.15) is 0 Å². The second-order valence-corrected chi connectivity index (χ2v) is 6.92. The van der Waals surface area contributed by atoms with E-state index < -0.39 is 6.10 Å². The number of esters is 1. The molecule has 0 spiro atoms. The average Bonchev–Trinajstić information content (AvgIpc) is 2.61. The van der Waals surface area contributed by atoms with E-state index >= 15 is 0 Å². The predicted molar refractivity (Wildman–Crippen MR) is 103 cm³/mol. The van der Waals surface area contributed by atoms with E-state index in [-0.39, 0.29) is 5.97 Å². The van der Waals surface area contributed by atoms with Gasteiger partial charge in [-0.2, -0.15) is 0 Å². The summed E-state index contributed by atoms with van der Waals surface area (Å²) in [7, 11) is 1.61. The molecule has 1 N–H and O–H groups in total. The minimum Gasteiger partial charge on any atom is -0.493 e. The van der Waals surface area contributed by atoms with Gasteiger partial charge in [0, 0.05) is 12.6 Å². The summed E-state index contributed by atoms with van der Waals surface area (Å²) in [4.78, 5) is 11.7. The van der Waals surface area contributed by atoms with Crippen LogP contribution in [0.15, 0.2) is 18.2 Å². The number of carbonyl (C=O) groups is 1. The molecule has 0 bridgehead atoms. The van der Waals surface area contributed by atoms with Crippen LogP contribution in [0.1, 0.15) is 64.4 Å². The van der Waals surface area contributed by atoms with Crippen molar-refractivity contribution in [2.24, 2.45) is 0 Å². The fourth-order valence-corrected chi connectivity index (χ4v) is 3.34. The number of hydrogen-bond donors (Lipinski definition) is 1. The molecule has 0 amide bonds. The first-order valence-electron chi connectivity index (χ1n) is 9.87. The maximum absolute atomic E-state index is 11.7. The molecule has 1 fully saturated rings. The van der Waals surface area contributed by atoms with Crippen LogP contribution in [0, 0.1) is 0 Å². The van der Waals surface area contributed by atoms with Gasteiger partial charge in [0.2, 0.25) is 0 Å². The van der Waals surface area contributed by atoms with E-state index in [0.29, 0.717) is 24.1 Å². The second kappa shape index (κ2) is 11.1. The molecule has 0 saturated heterocycles. The molecule has 146 valence electrons. The van der Waals surface area contributed by atoms with Gasteiger partial charge in [-0.25, -0.2) is 4.79 Å². The molecule has 26 heavy (non-hydrogen) atoms. The molecule has 1 aliphatic carbocycles. The van der Waals surface area contributed by atoms with Crippen LogP contribution in [-0.2, 0) is 16.1 Å². The van der Waals surface area contributed by atoms with Crippen molar-refractivity contribution >= 4 is 5.97 Å². The van der Waals surface area contributed by atoms with E-state index in [2.05, 4.69) is 5.32 Å². The third kappa shape index (κ3) is 6.52. The summed E-state index contributed by atoms with van der Waals surface area (Å²) in [6.07, 6.45) is 8.59. The highest BCUT2D eigenvalue weighted by molar-refractivity contribution is 5.74. The molecule has 5 nitrogen and oxygen atoms in total. The first kappa shape index (κ1) is 20.6. The van der Waals surface area contributed by atoms with Crippen molar-refractivity contribution in [3.63, 3.8) is 0 Å². The monoisotopic (exact) mass is 363 g/mol. The van der Waals surface area contributed by atoms with E-state index in [4.69, 9.17) is 14.2 Å². The van der Waals surface area contributed by atoms with Gasteiger partial charge >= 0.3 is 5.97 Å². The van der Waals surface area contributed by atoms with Crippen LogP contribution in [0.5, 0.6) is 11.5 Å². The maximum atomic E-state index is 11.7. The summed E-state index contributed by atoms with van der Waals surface area (Å²) in [6.45, 7) is 4.62. The molecule has 0 aromatic heterocycles. The number of nitrogens with one attached hydrogen (secondary N) is 1. The summed E-state index contributed by atoms with van der Waals surface area (Å²) < 4.78 is 16.1. The maximum Gasteiger partial charge on any atom is 0.347 e. The lowest BCUT2D eigenvalue weighted by molar-refractivity contribution is -0.150. The summed E-state index contributed by atoms with van der Waals surface area (Å²) in [5, 5.41) is 3.68. The molecular formula is C21H33NO4. The summed E-state index contributed by atoms with van der Waals surface area (Å²) in [5.74, 6) is 0.824. The Balaban J connectivity index is 1.93. The highest BCUT2D eigenvalue weighted by atomic mass is 16.6. The zero-order valence-electron chi connectivity index (χ0n) is 16.4. The predicted octanol–water partition coefficient (Wildman–Crippen LogP) is 4.23. The Morgan fingerprint density at radius 1 is 1.15 bits per heavy atom. The van der Waals surface area contributed by atoms with Crippen LogP contribution in [0.25, 0.3) is 0 Å². The molecule has 1 unspecified atom stereocenters. The van der Waals surface area contributed by atoms with Gasteiger partial charge in [-0.3, -0.25) is 0 Å². The van der Waals surface area contributed by atoms with Crippen molar-refractivity contribution in [1.82, 2.24) is 5.32 Å². The van der Waals surface area contributed by atoms with Crippen LogP contribution in [0.2, 0.25) is 0 Å². The largest absolute Gasteiger partial charge is 0.493 e. The van der Waals surface area contributed by atoms with Crippen LogP contribution < -0.4 is 14.8 Å². The van der Waals surface area contributed by atoms with E-state index in [9.17, 15) is 4.79 Å². The SMILES string of the molecule is CCOC(=O)C(C)Oc1ccc(CNC2CCCCCCC2)cc1OC. The number of methoxy groups -OCH3 is 1. The highest BCUT2D eigenvalue weighted by Gasteiger charge is 2.18. The zero-order chi connectivity index (χ0) is 18.8. The lowest BCUT2D eigenvalue weighted by Gasteiger charge is -2.21. The van der Waals surface area contributed by atoms with Gasteiger partial charge in [-0.15, -0.1) is 0 Å². The standard InChI is InChI=1S/C21H33NO4/c1-4-25-21(23)16(2)26-19-13-12-17(14-20(19)24-3)15-22-18-10-8-6-5-7-9-11-18/h12-14,16,18,22H,4-11,15H2,1-3H3. The minimum absolute atomic E-state index is 0.343. The molecular weight excluding hydrogens is 330 g/mol. The number of benzene rings is 1. The smallest absolute Gasteiger partial charge is 0.347 e. The van der Waals surface area contributed by atoms with Gasteiger partial charge in [0.15, 0.2) is 17.6 Å². The van der Waals surface area contributed by atoms with Gasteiger partial charge in [0.05, 0.1) is 13.7 Å². The van der Waals surface area contributed by atoms with Crippen molar-refractivity contribution in [3.05, 3.63) is 23.8 Å². The van der Waals surface area contributed by atoms with Crippen molar-refractivity contribution in [2.75, 3.05) is 13.7 Å². The third-order valence-corrected chi connectivity index (χ3v) is 4.85. The molecule has 1 aliphatic rings. The van der Waals surface area contributed by atoms with Crippen molar-refractivity contribution in [3.8, 4) is 11.5 Å². The Labute approximate surface area is 157 Å². The number of ether oxygens (including phenoxy) is 3. The first-order chi connectivity index (χ1) is 12.6. The Kier molecular flexibility index (Phi) is 8.75. The topological polar surface area (TPSA) is 56.8 Å². The molecule has 1 aromatic rings. The summed E-state index contributed by atoms with van der Waals surface area (Å²) >= 11 is 0. The normalized spacial score (nSPS) is 17.0. The lowest BCUT2D eigenvalue weighted by atomic mass is 9.96. The third-order valence-electron chi connectivity index (χ3n) is 4.85. The number of hydrogen-bond acceptors (Lipinski definition) is 5. The first-order valence-corrected chi connectivity index (χ1v) is 9.87. The quantitative estimate of drug-likeness (QED) is 0.701. The lowest BCUT2D eigenvalue weighted by Crippen LogP contribution is -2.29. The van der Waals surface area contributed by atoms with Crippen LogP contribution in [0.3, 0.4) is 0 Å². The van der Waals surface area contributed by atoms with Crippen LogP contribution in [0.4, 0.5) is 0 Å². The molecule has 1 saturated carbocycles. The number of rotatable bonds is 8. The van der Waals surface area contributed by atoms with Gasteiger partial charge < -0.3 is 19.5 Å². The van der Waals surface area contributed by atoms with E-state index in [0.717, 1.165) is 12.1 Å². The van der Waals surface area contributed by atoms with Gasteiger partial charge in [0.25, 0.3) is 0 Å². The van der Waals surface area contributed by atoms with Crippen molar-refractivity contribution < 1.29 is 19.0 Å². The summed E-state index contributed by atoms with van der Waals surface area (Å²) in [5.41, 5.74) is 1.15. The Hall–Kier alpha value is -1.75. The highest BCUT2D eigenvalue weighted by Crippen LogP contribution is 2.29. The Morgan fingerprint density at radius 2 is 1.85 bits per heavy atom. The Morgan fingerprint density at radius 3 is 2.50 bits per heavy atom. The van der Waals surface area contributed by atoms with Crippen LogP contribution >= 0.6 is 0 Å². The number of carbonyl (C=O) groups excluding carboxylic acids is 1. The molecule has 0 radical (unpaired) electrons. The van der Waals surface area contributed by atoms with Crippen LogP contribution in [-0.4, -0.2) is 31.8 Å². The average molecular weight is 363 g/mol. The molecule has 5 heteroatoms. The van der Waals surface area contributed by atoms with Gasteiger partial charge in [-0.05, 0) is 44.4 Å². The van der Waals surface area contributed by atoms with E-state index in [1.54, 1.807) is 21.0 Å². The zero-order valence-corrected chi connectivity index (χ0v) is 16.4. The second-order valence-electron chi connectivity index (χ2n) is 6.92. The van der Waals surface area contributed by atoms with Crippen molar-refractivity contribution in [1.29, 1.82) is 0 Å². The molecule has 1 aromatic carbocycles. The van der Waals surface area contributed by atoms with E-state index in [1.165, 1.54) is 44.9 Å². The minimum atomic E-state index is -0.664. The molecule has 1 atom stereocenters. The van der Waals surface area contributed by atoms with E-state index in [1.807, 2.05) is 18.2 Å². The fraction of sp³-hybridized carbons (Fsp3) is 0.667. The van der Waals surface area contributed by atoms with Crippen molar-refractivity contribution in [2.45, 2.75) is 77.5 Å². The Bertz CT molecular complexity index is 553.